The third-order valence-electron chi connectivity index (χ3n) is 6.77. The van der Waals surface area contributed by atoms with Gasteiger partial charge in [0, 0.05) is 24.2 Å². The van der Waals surface area contributed by atoms with E-state index in [0.29, 0.717) is 35.6 Å². The number of aryl methyl sites for hydroxylation is 2. The molecule has 0 saturated carbocycles. The topological polar surface area (TPSA) is 92.2 Å². The van der Waals surface area contributed by atoms with Crippen LogP contribution in [0.3, 0.4) is 0 Å². The van der Waals surface area contributed by atoms with Gasteiger partial charge in [-0.05, 0) is 83.5 Å². The summed E-state index contributed by atoms with van der Waals surface area (Å²) in [7, 11) is 0. The molecule has 0 atom stereocenters. The molecule has 0 spiro atoms. The van der Waals surface area contributed by atoms with E-state index in [9.17, 15) is 14.4 Å². The largest absolute Gasteiger partial charge is 0.443 e. The number of fused-ring (bicyclic) bond motifs is 2. The molecule has 2 aromatic carbocycles. The van der Waals surface area contributed by atoms with Gasteiger partial charge in [0.25, 0.3) is 0 Å². The number of carbonyl (C=O) groups excluding carboxylic acids is 1. The van der Waals surface area contributed by atoms with E-state index in [1.54, 1.807) is 42.0 Å². The Balaban J connectivity index is 1.47. The highest BCUT2D eigenvalue weighted by Gasteiger charge is 2.25. The first-order chi connectivity index (χ1) is 17.7. The molecule has 0 radical (unpaired) electrons. The number of rotatable bonds is 5. The van der Waals surface area contributed by atoms with Gasteiger partial charge in [0.05, 0.1) is 22.1 Å². The van der Waals surface area contributed by atoms with Crippen LogP contribution < -0.4 is 16.7 Å². The van der Waals surface area contributed by atoms with Crippen LogP contribution in [0, 0.1) is 0 Å². The minimum absolute atomic E-state index is 0.0623. The van der Waals surface area contributed by atoms with Crippen molar-refractivity contribution in [2.24, 2.45) is 0 Å². The number of piperidine rings is 1. The summed E-state index contributed by atoms with van der Waals surface area (Å²) >= 11 is 6.31. The zero-order chi connectivity index (χ0) is 26.3. The van der Waals surface area contributed by atoms with E-state index in [-0.39, 0.29) is 11.7 Å². The van der Waals surface area contributed by atoms with Crippen molar-refractivity contribution >= 4 is 39.8 Å². The van der Waals surface area contributed by atoms with Gasteiger partial charge in [-0.2, -0.15) is 4.57 Å². The minimum atomic E-state index is -0.731. The Labute approximate surface area is 219 Å². The fraction of sp³-hybridized carbons (Fsp3) is 0.444. The molecule has 1 fully saturated rings. The van der Waals surface area contributed by atoms with Crippen molar-refractivity contribution in [1.82, 2.24) is 23.6 Å². The SMILES string of the molecule is CC(C)(C)OC(=O)n1c(=O)n(CCCn2c(=O)n(C3CCNCC3)c3ccc(Cl)cc32)c2ccccc21. The molecule has 4 aromatic rings. The van der Waals surface area contributed by atoms with Gasteiger partial charge in [-0.25, -0.2) is 14.4 Å². The second-order valence-electron chi connectivity index (χ2n) is 10.5. The van der Waals surface area contributed by atoms with Crippen LogP contribution in [-0.4, -0.2) is 43.1 Å². The predicted molar refractivity (Wildman–Crippen MR) is 145 cm³/mol. The van der Waals surface area contributed by atoms with Crippen molar-refractivity contribution in [3.63, 3.8) is 0 Å². The number of nitrogens with zero attached hydrogens (tertiary/aromatic N) is 4. The summed E-state index contributed by atoms with van der Waals surface area (Å²) in [5, 5.41) is 3.92. The van der Waals surface area contributed by atoms with Crippen molar-refractivity contribution in [3.8, 4) is 0 Å². The second-order valence-corrected chi connectivity index (χ2v) is 10.9. The lowest BCUT2D eigenvalue weighted by Gasteiger charge is -2.23. The van der Waals surface area contributed by atoms with Crippen LogP contribution in [0.25, 0.3) is 22.1 Å². The first-order valence-electron chi connectivity index (χ1n) is 12.7. The summed E-state index contributed by atoms with van der Waals surface area (Å²) in [6.45, 7) is 7.79. The maximum atomic E-state index is 13.6. The van der Waals surface area contributed by atoms with Gasteiger partial charge in [0.2, 0.25) is 0 Å². The fourth-order valence-corrected chi connectivity index (χ4v) is 5.35. The molecular weight excluding hydrogens is 494 g/mol. The Morgan fingerprint density at radius 2 is 1.59 bits per heavy atom. The quantitative estimate of drug-likeness (QED) is 0.417. The van der Waals surface area contributed by atoms with Crippen molar-refractivity contribution in [1.29, 1.82) is 0 Å². The number of aromatic nitrogens is 4. The molecule has 0 unspecified atom stereocenters. The molecule has 10 heteroatoms. The minimum Gasteiger partial charge on any atom is -0.443 e. The van der Waals surface area contributed by atoms with Gasteiger partial charge in [0.1, 0.15) is 5.60 Å². The van der Waals surface area contributed by atoms with Crippen LogP contribution >= 0.6 is 11.6 Å². The zero-order valence-corrected chi connectivity index (χ0v) is 22.1. The molecule has 0 bridgehead atoms. The lowest BCUT2D eigenvalue weighted by Crippen LogP contribution is -2.35. The average molecular weight is 526 g/mol. The first kappa shape index (κ1) is 25.4. The summed E-state index contributed by atoms with van der Waals surface area (Å²) in [4.78, 5) is 39.7. The fourth-order valence-electron chi connectivity index (χ4n) is 5.18. The van der Waals surface area contributed by atoms with Gasteiger partial charge in [0.15, 0.2) is 0 Å². The van der Waals surface area contributed by atoms with Gasteiger partial charge in [-0.3, -0.25) is 13.7 Å². The molecule has 1 N–H and O–H groups in total. The van der Waals surface area contributed by atoms with Crippen LogP contribution in [0.5, 0.6) is 0 Å². The summed E-state index contributed by atoms with van der Waals surface area (Å²) in [5.41, 5.74) is 1.56. The van der Waals surface area contributed by atoms with E-state index < -0.39 is 17.4 Å². The number of para-hydroxylation sites is 2. The Kier molecular flexibility index (Phi) is 6.76. The highest BCUT2D eigenvalue weighted by molar-refractivity contribution is 6.31. The number of carbonyl (C=O) groups is 1. The summed E-state index contributed by atoms with van der Waals surface area (Å²) < 4.78 is 11.8. The highest BCUT2D eigenvalue weighted by atomic mass is 35.5. The monoisotopic (exact) mass is 525 g/mol. The number of imidazole rings is 2. The molecule has 1 saturated heterocycles. The summed E-state index contributed by atoms with van der Waals surface area (Å²) in [6.07, 6.45) is 1.59. The van der Waals surface area contributed by atoms with Crippen molar-refractivity contribution in [2.45, 2.75) is 64.8 Å². The molecule has 3 heterocycles. The van der Waals surface area contributed by atoms with Crippen LogP contribution in [0.15, 0.2) is 52.1 Å². The van der Waals surface area contributed by atoms with E-state index in [1.807, 2.05) is 34.9 Å². The van der Waals surface area contributed by atoms with Crippen LogP contribution in [0.1, 0.15) is 46.1 Å². The van der Waals surface area contributed by atoms with Crippen molar-refractivity contribution < 1.29 is 9.53 Å². The number of hydrogen-bond acceptors (Lipinski definition) is 5. The normalized spacial score (nSPS) is 15.0. The van der Waals surface area contributed by atoms with Gasteiger partial charge >= 0.3 is 17.5 Å². The van der Waals surface area contributed by atoms with E-state index >= 15 is 0 Å². The lowest BCUT2D eigenvalue weighted by atomic mass is 10.1. The van der Waals surface area contributed by atoms with Crippen LogP contribution in [0.4, 0.5) is 4.79 Å². The molecule has 0 aliphatic carbocycles. The highest BCUT2D eigenvalue weighted by Crippen LogP contribution is 2.26. The number of nitrogens with one attached hydrogen (secondary N) is 1. The maximum absolute atomic E-state index is 13.6. The Bertz CT molecular complexity index is 1580. The van der Waals surface area contributed by atoms with E-state index in [2.05, 4.69) is 5.32 Å². The van der Waals surface area contributed by atoms with Gasteiger partial charge < -0.3 is 10.1 Å². The summed E-state index contributed by atoms with van der Waals surface area (Å²) in [5.74, 6) is 0. The molecule has 2 aromatic heterocycles. The molecule has 1 aliphatic heterocycles. The third kappa shape index (κ3) is 4.85. The smallest absolute Gasteiger partial charge is 0.423 e. The average Bonchev–Trinajstić information content (AvgIpc) is 3.28. The summed E-state index contributed by atoms with van der Waals surface area (Å²) in [6, 6.07) is 12.8. The number of halogens is 1. The number of benzene rings is 2. The maximum Gasteiger partial charge on any atom is 0.423 e. The molecule has 196 valence electrons. The van der Waals surface area contributed by atoms with Crippen LogP contribution in [-0.2, 0) is 17.8 Å². The molecule has 0 amide bonds. The Morgan fingerprint density at radius 3 is 2.27 bits per heavy atom. The van der Waals surface area contributed by atoms with Gasteiger partial charge in [-0.1, -0.05) is 23.7 Å². The number of ether oxygens (including phenoxy) is 1. The predicted octanol–water partition coefficient (Wildman–Crippen LogP) is 4.37. The first-order valence-corrected chi connectivity index (χ1v) is 13.1. The molecule has 9 nitrogen and oxygen atoms in total. The Hall–Kier alpha value is -3.30. The second kappa shape index (κ2) is 9.87. The van der Waals surface area contributed by atoms with Crippen molar-refractivity contribution in [3.05, 3.63) is 68.5 Å². The molecular formula is C27H32ClN5O4. The molecule has 5 rings (SSSR count). The number of hydrogen-bond donors (Lipinski definition) is 1. The van der Waals surface area contributed by atoms with E-state index in [4.69, 9.17) is 16.3 Å². The molecule has 1 aliphatic rings. The van der Waals surface area contributed by atoms with E-state index in [1.165, 1.54) is 0 Å². The van der Waals surface area contributed by atoms with Gasteiger partial charge in [-0.15, -0.1) is 0 Å². The van der Waals surface area contributed by atoms with E-state index in [0.717, 1.165) is 41.5 Å². The zero-order valence-electron chi connectivity index (χ0n) is 21.4. The third-order valence-corrected chi connectivity index (χ3v) is 7.01. The standard InChI is InChI=1S/C27H32ClN5O4/c1-27(2,3)37-26(36)33-21-8-5-4-7-20(21)30(25(33)35)15-6-16-31-23-17-18(28)9-10-22(23)32(24(31)34)19-11-13-29-14-12-19/h4-5,7-10,17,19,29H,6,11-16H2,1-3H3. The van der Waals surface area contributed by atoms with Crippen LogP contribution in [0.2, 0.25) is 5.02 Å². The lowest BCUT2D eigenvalue weighted by molar-refractivity contribution is 0.0537. The molecule has 37 heavy (non-hydrogen) atoms. The van der Waals surface area contributed by atoms with Crippen molar-refractivity contribution in [2.75, 3.05) is 13.1 Å². The Morgan fingerprint density at radius 1 is 0.946 bits per heavy atom.